The molecule has 2 aromatic rings. The molecule has 0 saturated heterocycles. The predicted octanol–water partition coefficient (Wildman–Crippen LogP) is 2.86. The van der Waals surface area contributed by atoms with Crippen LogP contribution in [0.4, 0.5) is 0 Å². The lowest BCUT2D eigenvalue weighted by Crippen LogP contribution is -2.08. The smallest absolute Gasteiger partial charge is 0.194 e. The Labute approximate surface area is 104 Å². The zero-order chi connectivity index (χ0) is 11.5. The summed E-state index contributed by atoms with van der Waals surface area (Å²) >= 11 is 3.55. The molecule has 0 aromatic carbocycles. The molecular formula is C11H17N3S2. The van der Waals surface area contributed by atoms with Crippen molar-refractivity contribution in [1.82, 2.24) is 14.7 Å². The highest BCUT2D eigenvalue weighted by Crippen LogP contribution is 2.27. The number of thiazole rings is 1. The molecule has 88 valence electrons. The molecular weight excluding hydrogens is 238 g/mol. The molecule has 1 N–H and O–H groups in total. The van der Waals surface area contributed by atoms with Crippen molar-refractivity contribution in [2.45, 2.75) is 25.4 Å². The Morgan fingerprint density at radius 1 is 1.56 bits per heavy atom. The van der Waals surface area contributed by atoms with Crippen LogP contribution < -0.4 is 5.32 Å². The van der Waals surface area contributed by atoms with Crippen LogP contribution in [0.1, 0.15) is 19.5 Å². The Bertz CT molecular complexity index is 459. The Kier molecular flexibility index (Phi) is 3.89. The lowest BCUT2D eigenvalue weighted by atomic mass is 10.3. The molecule has 2 aromatic heterocycles. The van der Waals surface area contributed by atoms with Gasteiger partial charge >= 0.3 is 0 Å². The molecule has 2 heterocycles. The zero-order valence-corrected chi connectivity index (χ0v) is 11.5. The molecule has 0 amide bonds. The van der Waals surface area contributed by atoms with Gasteiger partial charge in [-0.25, -0.2) is 4.98 Å². The predicted molar refractivity (Wildman–Crippen MR) is 71.4 cm³/mol. The summed E-state index contributed by atoms with van der Waals surface area (Å²) in [6.07, 6.45) is 2.10. The van der Waals surface area contributed by atoms with Gasteiger partial charge in [-0.15, -0.1) is 23.1 Å². The average molecular weight is 255 g/mol. The Hall–Kier alpha value is -0.520. The van der Waals surface area contributed by atoms with Crippen molar-refractivity contribution in [3.8, 4) is 0 Å². The van der Waals surface area contributed by atoms with Crippen molar-refractivity contribution >= 4 is 28.1 Å². The Morgan fingerprint density at radius 3 is 3.06 bits per heavy atom. The van der Waals surface area contributed by atoms with Gasteiger partial charge in [-0.1, -0.05) is 13.8 Å². The third kappa shape index (κ3) is 2.42. The van der Waals surface area contributed by atoms with E-state index in [0.29, 0.717) is 5.92 Å². The Balaban J connectivity index is 2.27. The maximum absolute atomic E-state index is 4.67. The number of aromatic nitrogens is 2. The van der Waals surface area contributed by atoms with Crippen LogP contribution in [0.5, 0.6) is 0 Å². The van der Waals surface area contributed by atoms with E-state index < -0.39 is 0 Å². The lowest BCUT2D eigenvalue weighted by Gasteiger charge is -2.05. The molecule has 0 fully saturated rings. The van der Waals surface area contributed by atoms with E-state index in [1.807, 2.05) is 18.8 Å². The highest BCUT2D eigenvalue weighted by atomic mass is 32.2. The highest BCUT2D eigenvalue weighted by Gasteiger charge is 2.12. The van der Waals surface area contributed by atoms with E-state index in [9.17, 15) is 0 Å². The van der Waals surface area contributed by atoms with Crippen LogP contribution in [0, 0.1) is 5.92 Å². The summed E-state index contributed by atoms with van der Waals surface area (Å²) in [7, 11) is 1.97. The normalized spacial score (nSPS) is 11.8. The van der Waals surface area contributed by atoms with E-state index in [-0.39, 0.29) is 0 Å². The second-order valence-electron chi connectivity index (χ2n) is 4.15. The van der Waals surface area contributed by atoms with Crippen LogP contribution >= 0.6 is 23.1 Å². The number of nitrogens with one attached hydrogen (secondary N) is 1. The summed E-state index contributed by atoms with van der Waals surface area (Å²) in [5.41, 5.74) is 1.28. The van der Waals surface area contributed by atoms with E-state index in [4.69, 9.17) is 0 Å². The summed E-state index contributed by atoms with van der Waals surface area (Å²) < 4.78 is 2.18. The molecule has 16 heavy (non-hydrogen) atoms. The highest BCUT2D eigenvalue weighted by molar-refractivity contribution is 7.99. The second-order valence-corrected chi connectivity index (χ2v) is 6.04. The standard InChI is InChI=1S/C11H17N3S2/c1-8(2)7-16-10-9(6-12-3)14-4-5-15-11(14)13-10/h4-5,8,12H,6-7H2,1-3H3. The first-order chi connectivity index (χ1) is 7.72. The third-order valence-electron chi connectivity index (χ3n) is 2.22. The van der Waals surface area contributed by atoms with Gasteiger partial charge in [-0.05, 0) is 13.0 Å². The minimum absolute atomic E-state index is 0.701. The molecule has 0 aliphatic heterocycles. The van der Waals surface area contributed by atoms with Crippen LogP contribution in [0.2, 0.25) is 0 Å². The first-order valence-electron chi connectivity index (χ1n) is 5.44. The minimum Gasteiger partial charge on any atom is -0.314 e. The number of imidazole rings is 1. The number of thioether (sulfide) groups is 1. The van der Waals surface area contributed by atoms with Crippen LogP contribution in [-0.4, -0.2) is 22.2 Å². The maximum Gasteiger partial charge on any atom is 0.194 e. The van der Waals surface area contributed by atoms with Crippen molar-refractivity contribution in [1.29, 1.82) is 0 Å². The van der Waals surface area contributed by atoms with E-state index in [2.05, 4.69) is 40.1 Å². The molecule has 0 unspecified atom stereocenters. The van der Waals surface area contributed by atoms with E-state index in [0.717, 1.165) is 17.3 Å². The molecule has 5 heteroatoms. The quantitative estimate of drug-likeness (QED) is 0.833. The first kappa shape index (κ1) is 12.0. The van der Waals surface area contributed by atoms with Crippen molar-refractivity contribution in [2.75, 3.05) is 12.8 Å². The van der Waals surface area contributed by atoms with Crippen LogP contribution in [0.15, 0.2) is 16.6 Å². The largest absolute Gasteiger partial charge is 0.314 e. The van der Waals surface area contributed by atoms with Crippen molar-refractivity contribution in [3.63, 3.8) is 0 Å². The van der Waals surface area contributed by atoms with Gasteiger partial charge < -0.3 is 5.32 Å². The number of rotatable bonds is 5. The summed E-state index contributed by atoms with van der Waals surface area (Å²) in [4.78, 5) is 5.76. The number of hydrogen-bond acceptors (Lipinski definition) is 4. The summed E-state index contributed by atoms with van der Waals surface area (Å²) in [6.45, 7) is 5.35. The van der Waals surface area contributed by atoms with Crippen LogP contribution in [0.3, 0.4) is 0 Å². The first-order valence-corrected chi connectivity index (χ1v) is 7.30. The Morgan fingerprint density at radius 2 is 2.38 bits per heavy atom. The summed E-state index contributed by atoms with van der Waals surface area (Å²) in [5.74, 6) is 1.83. The average Bonchev–Trinajstić information content (AvgIpc) is 2.78. The van der Waals surface area contributed by atoms with Gasteiger partial charge in [0, 0.05) is 23.9 Å². The molecule has 3 nitrogen and oxygen atoms in total. The van der Waals surface area contributed by atoms with E-state index in [1.165, 1.54) is 10.7 Å². The van der Waals surface area contributed by atoms with Crippen LogP contribution in [0.25, 0.3) is 4.96 Å². The topological polar surface area (TPSA) is 29.3 Å². The fraction of sp³-hybridized carbons (Fsp3) is 0.545. The molecule has 0 radical (unpaired) electrons. The monoisotopic (exact) mass is 255 g/mol. The molecule has 0 atom stereocenters. The van der Waals surface area contributed by atoms with Crippen molar-refractivity contribution in [2.24, 2.45) is 5.92 Å². The maximum atomic E-state index is 4.67. The number of nitrogens with zero attached hydrogens (tertiary/aromatic N) is 2. The van der Waals surface area contributed by atoms with Gasteiger partial charge in [0.25, 0.3) is 0 Å². The number of hydrogen-bond donors (Lipinski definition) is 1. The van der Waals surface area contributed by atoms with Gasteiger partial charge in [-0.3, -0.25) is 4.40 Å². The summed E-state index contributed by atoms with van der Waals surface area (Å²) in [6, 6.07) is 0. The third-order valence-corrected chi connectivity index (χ3v) is 4.41. The van der Waals surface area contributed by atoms with Gasteiger partial charge in [0.2, 0.25) is 0 Å². The van der Waals surface area contributed by atoms with E-state index in [1.54, 1.807) is 11.3 Å². The fourth-order valence-electron chi connectivity index (χ4n) is 1.50. The number of fused-ring (bicyclic) bond motifs is 1. The molecule has 0 bridgehead atoms. The SMILES string of the molecule is CNCc1c(SCC(C)C)nc2sccn12. The second kappa shape index (κ2) is 5.21. The van der Waals surface area contributed by atoms with Gasteiger partial charge in [0.15, 0.2) is 4.96 Å². The molecule has 0 aliphatic rings. The summed E-state index contributed by atoms with van der Waals surface area (Å²) in [5, 5.41) is 6.47. The lowest BCUT2D eigenvalue weighted by molar-refractivity contribution is 0.744. The molecule has 0 spiro atoms. The van der Waals surface area contributed by atoms with Gasteiger partial charge in [0.1, 0.15) is 5.03 Å². The fourth-order valence-corrected chi connectivity index (χ4v) is 3.27. The van der Waals surface area contributed by atoms with Gasteiger partial charge in [0.05, 0.1) is 5.69 Å². The van der Waals surface area contributed by atoms with Crippen molar-refractivity contribution < 1.29 is 0 Å². The minimum atomic E-state index is 0.701. The zero-order valence-electron chi connectivity index (χ0n) is 9.86. The molecule has 2 rings (SSSR count). The van der Waals surface area contributed by atoms with Gasteiger partial charge in [-0.2, -0.15) is 0 Å². The van der Waals surface area contributed by atoms with Crippen molar-refractivity contribution in [3.05, 3.63) is 17.3 Å². The van der Waals surface area contributed by atoms with Crippen LogP contribution in [-0.2, 0) is 6.54 Å². The molecule has 0 aliphatic carbocycles. The van der Waals surface area contributed by atoms with E-state index >= 15 is 0 Å². The molecule has 0 saturated carbocycles.